The highest BCUT2D eigenvalue weighted by Gasteiger charge is 2.23. The standard InChI is InChI=1S/C14H19N5O2/c1-19-9-10-11(3-2-4-12(10)18-19)16-13-7-15-8-14(17-13)21-6-5-20/h7-9,11,20H,2-6H2,1H3,(H,16,17). The first-order valence-electron chi connectivity index (χ1n) is 7.11. The Labute approximate surface area is 123 Å². The van der Waals surface area contributed by atoms with Crippen molar-refractivity contribution in [2.75, 3.05) is 18.5 Å². The van der Waals surface area contributed by atoms with Crippen LogP contribution in [0.3, 0.4) is 0 Å². The minimum absolute atomic E-state index is 0.0407. The van der Waals surface area contributed by atoms with E-state index in [-0.39, 0.29) is 19.3 Å². The van der Waals surface area contributed by atoms with E-state index in [1.165, 1.54) is 11.8 Å². The third-order valence-electron chi connectivity index (χ3n) is 3.50. The summed E-state index contributed by atoms with van der Waals surface area (Å²) in [4.78, 5) is 8.46. The van der Waals surface area contributed by atoms with E-state index < -0.39 is 0 Å². The summed E-state index contributed by atoms with van der Waals surface area (Å²) in [5, 5.41) is 16.7. The molecule has 0 saturated heterocycles. The Morgan fingerprint density at radius 2 is 2.38 bits per heavy atom. The molecule has 2 aromatic heterocycles. The topological polar surface area (TPSA) is 85.1 Å². The molecule has 1 aliphatic carbocycles. The van der Waals surface area contributed by atoms with Crippen LogP contribution in [0.25, 0.3) is 0 Å². The van der Waals surface area contributed by atoms with Gasteiger partial charge in [-0.15, -0.1) is 0 Å². The maximum atomic E-state index is 8.77. The maximum Gasteiger partial charge on any atom is 0.234 e. The predicted octanol–water partition coefficient (Wildman–Crippen LogP) is 1.07. The lowest BCUT2D eigenvalue weighted by Gasteiger charge is -2.23. The molecule has 21 heavy (non-hydrogen) atoms. The Bertz CT molecular complexity index is 613. The summed E-state index contributed by atoms with van der Waals surface area (Å²) in [6.45, 7) is 0.176. The van der Waals surface area contributed by atoms with Crippen molar-refractivity contribution in [3.8, 4) is 5.88 Å². The Hall–Kier alpha value is -2.15. The molecule has 7 nitrogen and oxygen atoms in total. The summed E-state index contributed by atoms with van der Waals surface area (Å²) in [6, 6.07) is 0.199. The molecule has 0 amide bonds. The van der Waals surface area contributed by atoms with Gasteiger partial charge >= 0.3 is 0 Å². The Kier molecular flexibility index (Phi) is 4.01. The molecule has 0 saturated carbocycles. The van der Waals surface area contributed by atoms with E-state index >= 15 is 0 Å². The summed E-state index contributed by atoms with van der Waals surface area (Å²) in [5.74, 6) is 1.09. The fraction of sp³-hybridized carbons (Fsp3) is 0.500. The highest BCUT2D eigenvalue weighted by molar-refractivity contribution is 5.39. The van der Waals surface area contributed by atoms with Crippen LogP contribution < -0.4 is 10.1 Å². The molecule has 0 aliphatic heterocycles. The number of aliphatic hydroxyl groups excluding tert-OH is 1. The number of aliphatic hydroxyl groups is 1. The highest BCUT2D eigenvalue weighted by atomic mass is 16.5. The average Bonchev–Trinajstić information content (AvgIpc) is 2.87. The average molecular weight is 289 g/mol. The van der Waals surface area contributed by atoms with Gasteiger partial charge in [-0.05, 0) is 19.3 Å². The number of nitrogens with zero attached hydrogens (tertiary/aromatic N) is 4. The molecule has 0 bridgehead atoms. The lowest BCUT2D eigenvalue weighted by molar-refractivity contribution is 0.196. The number of aromatic nitrogens is 4. The predicted molar refractivity (Wildman–Crippen MR) is 77.1 cm³/mol. The number of aryl methyl sites for hydroxylation is 2. The fourth-order valence-corrected chi connectivity index (χ4v) is 2.63. The number of fused-ring (bicyclic) bond motifs is 1. The van der Waals surface area contributed by atoms with Crippen molar-refractivity contribution in [2.45, 2.75) is 25.3 Å². The van der Waals surface area contributed by atoms with Crippen LogP contribution in [0.15, 0.2) is 18.6 Å². The van der Waals surface area contributed by atoms with Gasteiger partial charge in [0.25, 0.3) is 0 Å². The minimum Gasteiger partial charge on any atom is -0.474 e. The van der Waals surface area contributed by atoms with Crippen molar-refractivity contribution < 1.29 is 9.84 Å². The molecule has 112 valence electrons. The zero-order chi connectivity index (χ0) is 14.7. The third-order valence-corrected chi connectivity index (χ3v) is 3.50. The second kappa shape index (κ2) is 6.09. The van der Waals surface area contributed by atoms with Crippen LogP contribution in [0.1, 0.15) is 30.1 Å². The van der Waals surface area contributed by atoms with E-state index in [4.69, 9.17) is 9.84 Å². The molecular weight excluding hydrogens is 270 g/mol. The van der Waals surface area contributed by atoms with Gasteiger partial charge in [0.05, 0.1) is 30.7 Å². The van der Waals surface area contributed by atoms with Gasteiger partial charge in [-0.3, -0.25) is 9.67 Å². The van der Waals surface area contributed by atoms with Crippen molar-refractivity contribution in [1.82, 2.24) is 19.7 Å². The van der Waals surface area contributed by atoms with Crippen LogP contribution in [0, 0.1) is 0 Å². The summed E-state index contributed by atoms with van der Waals surface area (Å²) < 4.78 is 7.14. The largest absolute Gasteiger partial charge is 0.474 e. The normalized spacial score (nSPS) is 17.3. The summed E-state index contributed by atoms with van der Waals surface area (Å²) in [5.41, 5.74) is 2.38. The zero-order valence-corrected chi connectivity index (χ0v) is 12.0. The first-order chi connectivity index (χ1) is 10.3. The summed E-state index contributed by atoms with van der Waals surface area (Å²) >= 11 is 0. The monoisotopic (exact) mass is 289 g/mol. The van der Waals surface area contributed by atoms with Crippen LogP contribution in [0.4, 0.5) is 5.82 Å². The first-order valence-corrected chi connectivity index (χ1v) is 7.11. The molecule has 2 N–H and O–H groups in total. The van der Waals surface area contributed by atoms with E-state index in [0.29, 0.717) is 11.7 Å². The van der Waals surface area contributed by atoms with Gasteiger partial charge in [-0.2, -0.15) is 10.1 Å². The second-order valence-corrected chi connectivity index (χ2v) is 5.11. The Morgan fingerprint density at radius 3 is 3.24 bits per heavy atom. The highest BCUT2D eigenvalue weighted by Crippen LogP contribution is 2.31. The smallest absolute Gasteiger partial charge is 0.234 e. The molecule has 1 aliphatic rings. The first kappa shape index (κ1) is 13.8. The van der Waals surface area contributed by atoms with Crippen LogP contribution in [0.2, 0.25) is 0 Å². The van der Waals surface area contributed by atoms with Crippen molar-refractivity contribution >= 4 is 5.82 Å². The van der Waals surface area contributed by atoms with Crippen LogP contribution in [-0.4, -0.2) is 38.1 Å². The Balaban J connectivity index is 1.75. The molecular formula is C14H19N5O2. The lowest BCUT2D eigenvalue weighted by atomic mass is 9.93. The van der Waals surface area contributed by atoms with Gasteiger partial charge in [0.2, 0.25) is 5.88 Å². The van der Waals surface area contributed by atoms with Gasteiger partial charge in [0, 0.05) is 18.8 Å². The van der Waals surface area contributed by atoms with Gasteiger partial charge in [-0.1, -0.05) is 0 Å². The zero-order valence-electron chi connectivity index (χ0n) is 12.0. The van der Waals surface area contributed by atoms with Crippen molar-refractivity contribution in [3.63, 3.8) is 0 Å². The number of hydrogen-bond acceptors (Lipinski definition) is 6. The molecule has 0 spiro atoms. The van der Waals surface area contributed by atoms with Gasteiger partial charge in [-0.25, -0.2) is 0 Å². The van der Waals surface area contributed by atoms with Gasteiger partial charge in [0.1, 0.15) is 12.4 Å². The van der Waals surface area contributed by atoms with E-state index in [9.17, 15) is 0 Å². The quantitative estimate of drug-likeness (QED) is 0.856. The molecule has 2 heterocycles. The molecule has 0 fully saturated rings. The number of rotatable bonds is 5. The van der Waals surface area contributed by atoms with E-state index in [1.807, 2.05) is 11.7 Å². The molecule has 2 aromatic rings. The molecule has 1 unspecified atom stereocenters. The molecule has 1 atom stereocenters. The van der Waals surface area contributed by atoms with Crippen molar-refractivity contribution in [1.29, 1.82) is 0 Å². The lowest BCUT2D eigenvalue weighted by Crippen LogP contribution is -2.17. The van der Waals surface area contributed by atoms with E-state index in [2.05, 4.69) is 26.6 Å². The Morgan fingerprint density at radius 1 is 1.48 bits per heavy atom. The number of hydrogen-bond donors (Lipinski definition) is 2. The van der Waals surface area contributed by atoms with Crippen LogP contribution in [0.5, 0.6) is 5.88 Å². The molecule has 0 radical (unpaired) electrons. The second-order valence-electron chi connectivity index (χ2n) is 5.11. The van der Waals surface area contributed by atoms with E-state index in [0.717, 1.165) is 25.0 Å². The molecule has 0 aromatic carbocycles. The number of ether oxygens (including phenoxy) is 1. The van der Waals surface area contributed by atoms with E-state index in [1.54, 1.807) is 6.20 Å². The molecule has 7 heteroatoms. The van der Waals surface area contributed by atoms with Crippen molar-refractivity contribution in [3.05, 3.63) is 29.8 Å². The fourth-order valence-electron chi connectivity index (χ4n) is 2.63. The molecule has 3 rings (SSSR count). The SMILES string of the molecule is Cn1cc2c(n1)CCCC2Nc1cncc(OCCO)n1. The van der Waals surface area contributed by atoms with Gasteiger partial charge in [0.15, 0.2) is 0 Å². The third kappa shape index (κ3) is 3.13. The van der Waals surface area contributed by atoms with Crippen LogP contribution >= 0.6 is 0 Å². The maximum absolute atomic E-state index is 8.77. The summed E-state index contributed by atoms with van der Waals surface area (Å²) in [7, 11) is 1.94. The number of anilines is 1. The minimum atomic E-state index is -0.0407. The van der Waals surface area contributed by atoms with Gasteiger partial charge < -0.3 is 15.2 Å². The van der Waals surface area contributed by atoms with Crippen molar-refractivity contribution in [2.24, 2.45) is 7.05 Å². The van der Waals surface area contributed by atoms with Crippen LogP contribution in [-0.2, 0) is 13.5 Å². The summed E-state index contributed by atoms with van der Waals surface area (Å²) in [6.07, 6.45) is 8.46. The number of nitrogens with one attached hydrogen (secondary N) is 1.